The fourth-order valence-corrected chi connectivity index (χ4v) is 3.54. The number of aryl methyl sites for hydroxylation is 1. The largest absolute Gasteiger partial charge is 0.487 e. The lowest BCUT2D eigenvalue weighted by atomic mass is 10.2. The molecule has 1 aromatic carbocycles. The van der Waals surface area contributed by atoms with Crippen LogP contribution >= 0.6 is 11.8 Å². The van der Waals surface area contributed by atoms with Gasteiger partial charge in [0, 0.05) is 29.8 Å². The van der Waals surface area contributed by atoms with Gasteiger partial charge in [-0.05, 0) is 39.2 Å². The van der Waals surface area contributed by atoms with Crippen molar-refractivity contribution in [1.82, 2.24) is 15.0 Å². The molecule has 174 valence electrons. The average Bonchev–Trinajstić information content (AvgIpc) is 3.25. The molecule has 0 aliphatic carbocycles. The predicted molar refractivity (Wildman–Crippen MR) is 136 cm³/mol. The Morgan fingerprint density at radius 2 is 2.06 bits per heavy atom. The SMILES string of the molecule is C=C/C(SCn1ccc(OCc2cc(C)on2)cc1=O)=C(\C)N=C.CNCc1ccccc1. The number of ether oxygens (including phenoxy) is 1. The Balaban J connectivity index is 0.000000357. The first-order valence-electron chi connectivity index (χ1n) is 10.3. The van der Waals surface area contributed by atoms with Crippen LogP contribution in [-0.4, -0.2) is 23.5 Å². The first kappa shape index (κ1) is 25.9. The number of pyridine rings is 1. The summed E-state index contributed by atoms with van der Waals surface area (Å²) in [5.41, 5.74) is 2.65. The first-order chi connectivity index (χ1) is 16.0. The zero-order chi connectivity index (χ0) is 24.1. The number of rotatable bonds is 10. The van der Waals surface area contributed by atoms with Crippen LogP contribution in [0.5, 0.6) is 5.75 Å². The maximum atomic E-state index is 12.2. The van der Waals surface area contributed by atoms with Crippen molar-refractivity contribution in [2.45, 2.75) is 32.9 Å². The van der Waals surface area contributed by atoms with Crippen molar-refractivity contribution in [3.8, 4) is 5.75 Å². The molecule has 0 amide bonds. The standard InChI is InChI=1S/C17H19N3O3S.C8H11N/c1-5-16(13(3)18-4)24-11-20-7-6-15(9-17(20)21)22-10-14-8-12(2)23-19-14;1-9-7-8-5-3-2-4-6-8/h5-9H,1,4,10-11H2,2-3H3;2-6,9H,7H2,1H3/b16-13-;. The van der Waals surface area contributed by atoms with Crippen LogP contribution in [0.15, 0.2) is 92.3 Å². The molecule has 0 saturated carbocycles. The van der Waals surface area contributed by atoms with Gasteiger partial charge in [0.15, 0.2) is 0 Å². The Labute approximate surface area is 198 Å². The van der Waals surface area contributed by atoms with Crippen LogP contribution in [0.3, 0.4) is 0 Å². The fourth-order valence-electron chi connectivity index (χ4n) is 2.66. The van der Waals surface area contributed by atoms with Gasteiger partial charge in [0.05, 0.1) is 11.6 Å². The van der Waals surface area contributed by atoms with E-state index >= 15 is 0 Å². The van der Waals surface area contributed by atoms with Gasteiger partial charge in [-0.3, -0.25) is 9.79 Å². The first-order valence-corrected chi connectivity index (χ1v) is 11.3. The van der Waals surface area contributed by atoms with E-state index < -0.39 is 0 Å². The maximum absolute atomic E-state index is 12.2. The summed E-state index contributed by atoms with van der Waals surface area (Å²) in [6.45, 7) is 12.1. The summed E-state index contributed by atoms with van der Waals surface area (Å²) in [6, 6.07) is 15.3. The predicted octanol–water partition coefficient (Wildman–Crippen LogP) is 4.94. The molecule has 0 radical (unpaired) electrons. The molecule has 0 atom stereocenters. The molecule has 0 aliphatic heterocycles. The summed E-state index contributed by atoms with van der Waals surface area (Å²) in [5, 5.41) is 6.92. The number of thioether (sulfide) groups is 1. The zero-order valence-corrected chi connectivity index (χ0v) is 20.1. The highest BCUT2D eigenvalue weighted by molar-refractivity contribution is 8.02. The highest BCUT2D eigenvalue weighted by Crippen LogP contribution is 2.23. The molecule has 1 N–H and O–H groups in total. The molecule has 33 heavy (non-hydrogen) atoms. The third-order valence-corrected chi connectivity index (χ3v) is 5.57. The highest BCUT2D eigenvalue weighted by atomic mass is 32.2. The van der Waals surface area contributed by atoms with Gasteiger partial charge in [-0.2, -0.15) is 0 Å². The minimum absolute atomic E-state index is 0.149. The Hall–Kier alpha value is -3.36. The van der Waals surface area contributed by atoms with Gasteiger partial charge in [-0.1, -0.05) is 48.1 Å². The number of hydrogen-bond donors (Lipinski definition) is 1. The normalized spacial score (nSPS) is 11.1. The number of hydrogen-bond acceptors (Lipinski definition) is 7. The van der Waals surface area contributed by atoms with E-state index in [0.29, 0.717) is 17.3 Å². The van der Waals surface area contributed by atoms with E-state index in [-0.39, 0.29) is 12.2 Å². The van der Waals surface area contributed by atoms with Crippen molar-refractivity contribution in [1.29, 1.82) is 0 Å². The van der Waals surface area contributed by atoms with E-state index in [9.17, 15) is 4.79 Å². The molecule has 2 aromatic heterocycles. The fraction of sp³-hybridized carbons (Fsp3) is 0.240. The van der Waals surface area contributed by atoms with Crippen molar-refractivity contribution in [2.24, 2.45) is 4.99 Å². The highest BCUT2D eigenvalue weighted by Gasteiger charge is 2.05. The van der Waals surface area contributed by atoms with Crippen LogP contribution in [0.4, 0.5) is 0 Å². The Kier molecular flexibility index (Phi) is 10.9. The van der Waals surface area contributed by atoms with Crippen molar-refractivity contribution < 1.29 is 9.26 Å². The Morgan fingerprint density at radius 3 is 2.64 bits per heavy atom. The van der Waals surface area contributed by atoms with Gasteiger partial charge >= 0.3 is 0 Å². The van der Waals surface area contributed by atoms with Crippen LogP contribution in [0.1, 0.15) is 23.9 Å². The zero-order valence-electron chi connectivity index (χ0n) is 19.3. The molecule has 8 heteroatoms. The van der Waals surface area contributed by atoms with Gasteiger partial charge in [0.2, 0.25) is 0 Å². The van der Waals surface area contributed by atoms with Crippen LogP contribution in [0, 0.1) is 6.92 Å². The van der Waals surface area contributed by atoms with E-state index in [1.807, 2.05) is 39.1 Å². The summed E-state index contributed by atoms with van der Waals surface area (Å²) < 4.78 is 12.1. The Morgan fingerprint density at radius 1 is 1.30 bits per heavy atom. The van der Waals surface area contributed by atoms with E-state index in [1.165, 1.54) is 23.4 Å². The Bertz CT molecular complexity index is 1120. The smallest absolute Gasteiger partial charge is 0.254 e. The van der Waals surface area contributed by atoms with Gasteiger partial charge in [0.25, 0.3) is 5.56 Å². The quantitative estimate of drug-likeness (QED) is 0.337. The van der Waals surface area contributed by atoms with E-state index in [1.54, 1.807) is 29.0 Å². The molecule has 0 spiro atoms. The molecule has 0 bridgehead atoms. The van der Waals surface area contributed by atoms with Crippen LogP contribution in [0.2, 0.25) is 0 Å². The summed E-state index contributed by atoms with van der Waals surface area (Å²) in [7, 11) is 1.95. The topological polar surface area (TPSA) is 81.7 Å². The van der Waals surface area contributed by atoms with Gasteiger partial charge in [-0.25, -0.2) is 0 Å². The second-order valence-corrected chi connectivity index (χ2v) is 7.98. The van der Waals surface area contributed by atoms with Crippen LogP contribution in [0.25, 0.3) is 0 Å². The monoisotopic (exact) mass is 466 g/mol. The van der Waals surface area contributed by atoms with Gasteiger partial charge in [0.1, 0.15) is 23.8 Å². The molecule has 0 saturated heterocycles. The van der Waals surface area contributed by atoms with Gasteiger partial charge < -0.3 is 19.1 Å². The second-order valence-electron chi connectivity index (χ2n) is 6.99. The number of aliphatic imine (C=N–C) groups is 1. The summed E-state index contributed by atoms with van der Waals surface area (Å²) in [6.07, 6.45) is 3.40. The minimum Gasteiger partial charge on any atom is -0.487 e. The molecule has 2 heterocycles. The third-order valence-electron chi connectivity index (χ3n) is 4.39. The molecular formula is C25H30N4O3S. The summed E-state index contributed by atoms with van der Waals surface area (Å²) in [5.74, 6) is 1.66. The van der Waals surface area contributed by atoms with E-state index in [0.717, 1.165) is 22.9 Å². The van der Waals surface area contributed by atoms with Crippen molar-refractivity contribution in [3.63, 3.8) is 0 Å². The van der Waals surface area contributed by atoms with E-state index in [4.69, 9.17) is 9.26 Å². The summed E-state index contributed by atoms with van der Waals surface area (Å²) in [4.78, 5) is 16.9. The maximum Gasteiger partial charge on any atom is 0.254 e. The number of allylic oxidation sites excluding steroid dienone is 2. The van der Waals surface area contributed by atoms with E-state index in [2.05, 4.69) is 40.9 Å². The molecule has 0 unspecified atom stereocenters. The minimum atomic E-state index is -0.149. The number of nitrogens with zero attached hydrogens (tertiary/aromatic N) is 3. The third kappa shape index (κ3) is 8.96. The van der Waals surface area contributed by atoms with Crippen molar-refractivity contribution >= 4 is 18.5 Å². The van der Waals surface area contributed by atoms with Crippen LogP contribution < -0.4 is 15.6 Å². The number of benzene rings is 1. The lowest BCUT2D eigenvalue weighted by molar-refractivity contribution is 0.287. The van der Waals surface area contributed by atoms with Gasteiger partial charge in [-0.15, -0.1) is 11.8 Å². The lowest BCUT2D eigenvalue weighted by Crippen LogP contribution is -2.17. The number of nitrogens with one attached hydrogen (secondary N) is 1. The molecule has 3 aromatic rings. The lowest BCUT2D eigenvalue weighted by Gasteiger charge is -2.09. The molecule has 3 rings (SSSR count). The van der Waals surface area contributed by atoms with Crippen LogP contribution in [-0.2, 0) is 19.0 Å². The molecule has 0 fully saturated rings. The average molecular weight is 467 g/mol. The summed E-state index contributed by atoms with van der Waals surface area (Å²) >= 11 is 1.47. The molecule has 7 nitrogen and oxygen atoms in total. The molecule has 0 aliphatic rings. The number of aromatic nitrogens is 2. The van der Waals surface area contributed by atoms with Crippen molar-refractivity contribution in [3.05, 3.63) is 105 Å². The molecular weight excluding hydrogens is 436 g/mol. The van der Waals surface area contributed by atoms with Crippen molar-refractivity contribution in [2.75, 3.05) is 7.05 Å². The second kappa shape index (κ2) is 13.9.